The molecule has 4 heteroatoms. The van der Waals surface area contributed by atoms with E-state index >= 15 is 0 Å². The Hall–Kier alpha value is -1.55. The van der Waals surface area contributed by atoms with Crippen LogP contribution < -0.4 is 5.73 Å². The summed E-state index contributed by atoms with van der Waals surface area (Å²) in [5.41, 5.74) is 7.31. The molecule has 2 aromatic heterocycles. The Balaban J connectivity index is 2.30. The maximum atomic E-state index is 6.27. The predicted molar refractivity (Wildman–Crippen MR) is 66.6 cm³/mol. The van der Waals surface area contributed by atoms with Crippen molar-refractivity contribution in [3.05, 3.63) is 41.9 Å². The monoisotopic (exact) mass is 233 g/mol. The van der Waals surface area contributed by atoms with E-state index in [9.17, 15) is 0 Å². The van der Waals surface area contributed by atoms with E-state index in [0.29, 0.717) is 0 Å². The second-order valence-electron chi connectivity index (χ2n) is 4.11. The van der Waals surface area contributed by atoms with Crippen LogP contribution in [0.4, 0.5) is 0 Å². The van der Waals surface area contributed by atoms with Gasteiger partial charge in [0.2, 0.25) is 0 Å². The van der Waals surface area contributed by atoms with Gasteiger partial charge in [-0.05, 0) is 12.5 Å². The van der Waals surface area contributed by atoms with Crippen molar-refractivity contribution in [1.29, 1.82) is 0 Å². The second kappa shape index (κ2) is 5.19. The zero-order valence-electron chi connectivity index (χ0n) is 10.4. The van der Waals surface area contributed by atoms with Crippen molar-refractivity contribution < 1.29 is 4.42 Å². The zero-order chi connectivity index (χ0) is 12.3. The molecule has 2 aromatic rings. The number of nitrogens with zero attached hydrogens (tertiary/aromatic N) is 2. The van der Waals surface area contributed by atoms with Crippen LogP contribution in [-0.4, -0.2) is 9.55 Å². The third kappa shape index (κ3) is 2.26. The Labute approximate surface area is 101 Å². The Morgan fingerprint density at radius 1 is 1.47 bits per heavy atom. The van der Waals surface area contributed by atoms with Crippen molar-refractivity contribution in [2.45, 2.75) is 39.3 Å². The molecule has 0 bridgehead atoms. The van der Waals surface area contributed by atoms with Crippen LogP contribution in [0.3, 0.4) is 0 Å². The van der Waals surface area contributed by atoms with Crippen LogP contribution in [0.15, 0.2) is 29.1 Å². The van der Waals surface area contributed by atoms with Gasteiger partial charge in [-0.3, -0.25) is 0 Å². The van der Waals surface area contributed by atoms with Gasteiger partial charge in [-0.1, -0.05) is 13.8 Å². The van der Waals surface area contributed by atoms with Gasteiger partial charge >= 0.3 is 0 Å². The number of rotatable bonds is 5. The Bertz CT molecular complexity index is 472. The maximum absolute atomic E-state index is 6.27. The number of imidazole rings is 1. The van der Waals surface area contributed by atoms with Gasteiger partial charge in [0.25, 0.3) is 0 Å². The van der Waals surface area contributed by atoms with Crippen LogP contribution in [0.25, 0.3) is 0 Å². The van der Waals surface area contributed by atoms with Gasteiger partial charge in [0.1, 0.15) is 11.6 Å². The number of aryl methyl sites for hydroxylation is 2. The van der Waals surface area contributed by atoms with E-state index < -0.39 is 0 Å². The highest BCUT2D eigenvalue weighted by Crippen LogP contribution is 2.23. The molecule has 0 aromatic carbocycles. The molecule has 0 aliphatic heterocycles. The van der Waals surface area contributed by atoms with Crippen molar-refractivity contribution in [1.82, 2.24) is 9.55 Å². The average molecular weight is 233 g/mol. The largest absolute Gasteiger partial charge is 0.469 e. The first kappa shape index (κ1) is 11.9. The molecule has 0 spiro atoms. The first-order chi connectivity index (χ1) is 8.27. The third-order valence-electron chi connectivity index (χ3n) is 2.93. The number of furan rings is 1. The van der Waals surface area contributed by atoms with Crippen molar-refractivity contribution in [2.75, 3.05) is 0 Å². The predicted octanol–water partition coefficient (Wildman–Crippen LogP) is 2.50. The van der Waals surface area contributed by atoms with Gasteiger partial charge in [0, 0.05) is 30.9 Å². The van der Waals surface area contributed by atoms with Gasteiger partial charge in [-0.2, -0.15) is 0 Å². The lowest BCUT2D eigenvalue weighted by atomic mass is 10.1. The lowest BCUT2D eigenvalue weighted by Gasteiger charge is -2.13. The highest BCUT2D eigenvalue weighted by Gasteiger charge is 2.18. The Kier molecular flexibility index (Phi) is 3.64. The quantitative estimate of drug-likeness (QED) is 0.863. The zero-order valence-corrected chi connectivity index (χ0v) is 10.4. The summed E-state index contributed by atoms with van der Waals surface area (Å²) in [7, 11) is 0. The number of hydrogen-bond donors (Lipinski definition) is 1. The molecule has 0 fully saturated rings. The van der Waals surface area contributed by atoms with Crippen LogP contribution in [0.1, 0.15) is 43.5 Å². The number of hydrogen-bond acceptors (Lipinski definition) is 3. The molecule has 17 heavy (non-hydrogen) atoms. The summed E-state index contributed by atoms with van der Waals surface area (Å²) >= 11 is 0. The molecule has 2 N–H and O–H groups in total. The van der Waals surface area contributed by atoms with Gasteiger partial charge < -0.3 is 14.7 Å². The van der Waals surface area contributed by atoms with E-state index in [4.69, 9.17) is 10.2 Å². The van der Waals surface area contributed by atoms with Crippen LogP contribution >= 0.6 is 0 Å². The highest BCUT2D eigenvalue weighted by molar-refractivity contribution is 5.27. The second-order valence-corrected chi connectivity index (χ2v) is 4.11. The molecule has 92 valence electrons. The minimum atomic E-state index is -0.203. The van der Waals surface area contributed by atoms with Crippen molar-refractivity contribution in [3.8, 4) is 0 Å². The van der Waals surface area contributed by atoms with Crippen molar-refractivity contribution in [2.24, 2.45) is 5.73 Å². The molecular weight excluding hydrogens is 214 g/mol. The van der Waals surface area contributed by atoms with Gasteiger partial charge in [-0.25, -0.2) is 4.98 Å². The fourth-order valence-corrected chi connectivity index (χ4v) is 2.08. The normalized spacial score (nSPS) is 12.9. The third-order valence-corrected chi connectivity index (χ3v) is 2.93. The summed E-state index contributed by atoms with van der Waals surface area (Å²) in [5, 5.41) is 0. The van der Waals surface area contributed by atoms with E-state index in [1.807, 2.05) is 12.3 Å². The summed E-state index contributed by atoms with van der Waals surface area (Å²) in [6.07, 6.45) is 7.40. The molecule has 2 heterocycles. The first-order valence-electron chi connectivity index (χ1n) is 6.10. The summed E-state index contributed by atoms with van der Waals surface area (Å²) in [6.45, 7) is 5.15. The minimum Gasteiger partial charge on any atom is -0.469 e. The van der Waals surface area contributed by atoms with Crippen molar-refractivity contribution >= 4 is 0 Å². The summed E-state index contributed by atoms with van der Waals surface area (Å²) < 4.78 is 7.52. The smallest absolute Gasteiger partial charge is 0.130 e. The molecule has 0 saturated carbocycles. The fourth-order valence-electron chi connectivity index (χ4n) is 2.08. The van der Waals surface area contributed by atoms with Crippen LogP contribution in [0, 0.1) is 0 Å². The van der Waals surface area contributed by atoms with Crippen LogP contribution in [0.5, 0.6) is 0 Å². The lowest BCUT2D eigenvalue weighted by molar-refractivity contribution is 0.506. The lowest BCUT2D eigenvalue weighted by Crippen LogP contribution is -2.18. The van der Waals surface area contributed by atoms with Gasteiger partial charge in [-0.15, -0.1) is 0 Å². The molecule has 0 amide bonds. The molecule has 4 nitrogen and oxygen atoms in total. The summed E-state index contributed by atoms with van der Waals surface area (Å²) in [5.74, 6) is 1.85. The van der Waals surface area contributed by atoms with Crippen LogP contribution in [-0.2, 0) is 13.0 Å². The van der Waals surface area contributed by atoms with Gasteiger partial charge in [0.15, 0.2) is 0 Å². The standard InChI is InChI=1S/C13H19N3O/c1-3-7-16-8-6-15-13(16)12(14)10-5-9-17-11(10)4-2/h5-6,8-9,12H,3-4,7,14H2,1-2H3. The Morgan fingerprint density at radius 2 is 2.29 bits per heavy atom. The molecular formula is C13H19N3O. The molecule has 1 unspecified atom stereocenters. The van der Waals surface area contributed by atoms with E-state index in [1.54, 1.807) is 12.5 Å². The first-order valence-corrected chi connectivity index (χ1v) is 6.10. The molecule has 0 aliphatic rings. The van der Waals surface area contributed by atoms with Gasteiger partial charge in [0.05, 0.1) is 12.3 Å². The van der Waals surface area contributed by atoms with Crippen LogP contribution in [0.2, 0.25) is 0 Å². The molecule has 1 atom stereocenters. The Morgan fingerprint density at radius 3 is 3.00 bits per heavy atom. The van der Waals surface area contributed by atoms with E-state index in [1.165, 1.54) is 0 Å². The summed E-state index contributed by atoms with van der Waals surface area (Å²) in [6, 6.07) is 1.74. The fraction of sp³-hybridized carbons (Fsp3) is 0.462. The SMILES string of the molecule is CCCn1ccnc1C(N)c1ccoc1CC. The molecule has 0 saturated heterocycles. The number of aromatic nitrogens is 2. The average Bonchev–Trinajstić information content (AvgIpc) is 2.96. The van der Waals surface area contributed by atoms with Crippen molar-refractivity contribution in [3.63, 3.8) is 0 Å². The maximum Gasteiger partial charge on any atom is 0.130 e. The van der Waals surface area contributed by atoms with E-state index in [-0.39, 0.29) is 6.04 Å². The topological polar surface area (TPSA) is 57.0 Å². The molecule has 0 radical (unpaired) electrons. The number of nitrogens with two attached hydrogens (primary N) is 1. The van der Waals surface area contributed by atoms with E-state index in [2.05, 4.69) is 23.4 Å². The minimum absolute atomic E-state index is 0.203. The molecule has 2 rings (SSSR count). The summed E-state index contributed by atoms with van der Waals surface area (Å²) in [4.78, 5) is 4.36. The molecule has 0 aliphatic carbocycles. The van der Waals surface area contributed by atoms with E-state index in [0.717, 1.165) is 36.5 Å². The highest BCUT2D eigenvalue weighted by atomic mass is 16.3.